The van der Waals surface area contributed by atoms with Crippen molar-refractivity contribution in [2.24, 2.45) is 0 Å². The van der Waals surface area contributed by atoms with Gasteiger partial charge in [0, 0.05) is 22.7 Å². The van der Waals surface area contributed by atoms with Gasteiger partial charge in [-0.25, -0.2) is 4.98 Å². The second-order valence-corrected chi connectivity index (χ2v) is 5.80. The lowest BCUT2D eigenvalue weighted by molar-refractivity contribution is 0.101. The van der Waals surface area contributed by atoms with Crippen LogP contribution in [0.5, 0.6) is 0 Å². The van der Waals surface area contributed by atoms with Crippen LogP contribution in [0.2, 0.25) is 0 Å². The van der Waals surface area contributed by atoms with Crippen LogP contribution in [0.15, 0.2) is 42.0 Å². The maximum atomic E-state index is 11.4. The number of aromatic nitrogens is 3. The first-order valence-electron chi connectivity index (χ1n) is 6.69. The highest BCUT2D eigenvalue weighted by Crippen LogP contribution is 2.23. The maximum absolute atomic E-state index is 11.4. The molecule has 3 rings (SSSR count). The number of nitrogens with zero attached hydrogens (tertiary/aromatic N) is 3. The van der Waals surface area contributed by atoms with Crippen LogP contribution in [0.4, 0.5) is 0 Å². The molecular formula is C16H13N3O2S. The van der Waals surface area contributed by atoms with Gasteiger partial charge >= 0.3 is 0 Å². The fourth-order valence-corrected chi connectivity index (χ4v) is 2.87. The molecule has 22 heavy (non-hydrogen) atoms. The predicted octanol–water partition coefficient (Wildman–Crippen LogP) is 3.07. The number of carbonyl (C=O) groups is 2. The van der Waals surface area contributed by atoms with Crippen molar-refractivity contribution >= 4 is 23.4 Å². The maximum Gasteiger partial charge on any atom is 0.159 e. The van der Waals surface area contributed by atoms with E-state index in [1.807, 2.05) is 23.6 Å². The summed E-state index contributed by atoms with van der Waals surface area (Å²) in [4.78, 5) is 26.7. The molecule has 0 bridgehead atoms. The van der Waals surface area contributed by atoms with E-state index in [9.17, 15) is 9.59 Å². The minimum Gasteiger partial charge on any atom is -0.298 e. The Morgan fingerprint density at radius 2 is 2.27 bits per heavy atom. The smallest absolute Gasteiger partial charge is 0.159 e. The van der Waals surface area contributed by atoms with E-state index in [0.717, 1.165) is 22.6 Å². The van der Waals surface area contributed by atoms with Crippen LogP contribution >= 0.6 is 11.3 Å². The van der Waals surface area contributed by atoms with Crippen LogP contribution in [0.3, 0.4) is 0 Å². The average Bonchev–Trinajstić information content (AvgIpc) is 3.17. The lowest BCUT2D eigenvalue weighted by Gasteiger charge is -2.00. The summed E-state index contributed by atoms with van der Waals surface area (Å²) in [6.45, 7) is 2.07. The molecule has 0 aliphatic rings. The first-order chi connectivity index (χ1) is 10.7. The Balaban J connectivity index is 1.82. The summed E-state index contributed by atoms with van der Waals surface area (Å²) in [6, 6.07) is 7.43. The van der Waals surface area contributed by atoms with Crippen molar-refractivity contribution in [1.82, 2.24) is 14.8 Å². The molecule has 0 atom stereocenters. The van der Waals surface area contributed by atoms with E-state index in [-0.39, 0.29) is 5.78 Å². The van der Waals surface area contributed by atoms with E-state index in [1.165, 1.54) is 17.5 Å². The normalized spacial score (nSPS) is 10.6. The Morgan fingerprint density at radius 3 is 3.00 bits per heavy atom. The number of Topliss-reactive ketones (excluding diaryl/α,β-unsaturated/α-hetero) is 1. The van der Waals surface area contributed by atoms with E-state index < -0.39 is 0 Å². The zero-order chi connectivity index (χ0) is 15.5. The van der Waals surface area contributed by atoms with Crippen LogP contribution in [-0.2, 0) is 6.54 Å². The molecule has 0 amide bonds. The van der Waals surface area contributed by atoms with Gasteiger partial charge in [-0.3, -0.25) is 14.3 Å². The van der Waals surface area contributed by atoms with Gasteiger partial charge in [-0.2, -0.15) is 5.10 Å². The third kappa shape index (κ3) is 3.01. The van der Waals surface area contributed by atoms with Crippen molar-refractivity contribution in [3.8, 4) is 11.3 Å². The molecule has 0 saturated heterocycles. The molecule has 0 aliphatic carbocycles. The number of carbonyl (C=O) groups excluding carboxylic acids is 2. The fourth-order valence-electron chi connectivity index (χ4n) is 2.08. The van der Waals surface area contributed by atoms with Gasteiger partial charge in [0.15, 0.2) is 12.1 Å². The molecule has 0 radical (unpaired) electrons. The monoisotopic (exact) mass is 311 g/mol. The highest BCUT2D eigenvalue weighted by Gasteiger charge is 2.08. The van der Waals surface area contributed by atoms with Gasteiger partial charge in [-0.05, 0) is 13.0 Å². The summed E-state index contributed by atoms with van der Waals surface area (Å²) < 4.78 is 1.68. The Hall–Kier alpha value is -2.60. The summed E-state index contributed by atoms with van der Waals surface area (Å²) in [7, 11) is 0. The molecule has 0 spiro atoms. The highest BCUT2D eigenvalue weighted by atomic mass is 32.1. The highest BCUT2D eigenvalue weighted by molar-refractivity contribution is 7.09. The lowest BCUT2D eigenvalue weighted by atomic mass is 10.1. The van der Waals surface area contributed by atoms with Gasteiger partial charge in [0.05, 0.1) is 24.0 Å². The van der Waals surface area contributed by atoms with Crippen molar-refractivity contribution in [2.45, 2.75) is 13.5 Å². The van der Waals surface area contributed by atoms with Gasteiger partial charge in [0.2, 0.25) is 0 Å². The summed E-state index contributed by atoms with van der Waals surface area (Å²) in [5.41, 5.74) is 2.98. The quantitative estimate of drug-likeness (QED) is 0.536. The fraction of sp³-hybridized carbons (Fsp3) is 0.125. The summed E-state index contributed by atoms with van der Waals surface area (Å²) in [6.07, 6.45) is 3.98. The number of aldehydes is 1. The van der Waals surface area contributed by atoms with E-state index in [1.54, 1.807) is 23.9 Å². The van der Waals surface area contributed by atoms with Crippen LogP contribution in [0.1, 0.15) is 32.6 Å². The van der Waals surface area contributed by atoms with Crippen molar-refractivity contribution in [1.29, 1.82) is 0 Å². The molecule has 0 N–H and O–H groups in total. The second kappa shape index (κ2) is 6.03. The minimum atomic E-state index is 0.0373. The molecule has 0 unspecified atom stereocenters. The average molecular weight is 311 g/mol. The molecule has 3 aromatic rings. The van der Waals surface area contributed by atoms with E-state index in [2.05, 4.69) is 10.1 Å². The molecule has 1 aromatic carbocycles. The van der Waals surface area contributed by atoms with Crippen molar-refractivity contribution in [2.75, 3.05) is 0 Å². The van der Waals surface area contributed by atoms with Crippen LogP contribution in [0, 0.1) is 0 Å². The first kappa shape index (κ1) is 14.3. The van der Waals surface area contributed by atoms with Gasteiger partial charge in [0.25, 0.3) is 0 Å². The summed E-state index contributed by atoms with van der Waals surface area (Å²) >= 11 is 1.53. The molecule has 0 fully saturated rings. The third-order valence-corrected chi connectivity index (χ3v) is 4.04. The molecule has 6 heteroatoms. The van der Waals surface area contributed by atoms with Crippen molar-refractivity contribution < 1.29 is 9.59 Å². The van der Waals surface area contributed by atoms with Crippen LogP contribution in [-0.4, -0.2) is 26.8 Å². The zero-order valence-electron chi connectivity index (χ0n) is 11.9. The number of benzene rings is 1. The number of rotatable bonds is 5. The van der Waals surface area contributed by atoms with Gasteiger partial charge in [0.1, 0.15) is 5.01 Å². The molecule has 0 aliphatic heterocycles. The number of hydrogen-bond donors (Lipinski definition) is 0. The lowest BCUT2D eigenvalue weighted by Crippen LogP contribution is -1.99. The van der Waals surface area contributed by atoms with E-state index >= 15 is 0 Å². The summed E-state index contributed by atoms with van der Waals surface area (Å²) in [5.74, 6) is 0.0373. The van der Waals surface area contributed by atoms with Crippen molar-refractivity contribution in [3.63, 3.8) is 0 Å². The summed E-state index contributed by atoms with van der Waals surface area (Å²) in [5, 5.41) is 6.96. The molecule has 0 saturated carbocycles. The van der Waals surface area contributed by atoms with Gasteiger partial charge in [-0.1, -0.05) is 18.2 Å². The largest absolute Gasteiger partial charge is 0.298 e. The SMILES string of the molecule is CC(=O)c1cccc(-c2csc(Cn3cc(C=O)cn3)n2)c1. The number of hydrogen-bond acceptors (Lipinski definition) is 5. The molecule has 110 valence electrons. The van der Waals surface area contributed by atoms with Crippen molar-refractivity contribution in [3.05, 3.63) is 58.2 Å². The predicted molar refractivity (Wildman–Crippen MR) is 84.3 cm³/mol. The third-order valence-electron chi connectivity index (χ3n) is 3.20. The Morgan fingerprint density at radius 1 is 1.41 bits per heavy atom. The minimum absolute atomic E-state index is 0.0373. The number of ketones is 1. The molecular weight excluding hydrogens is 298 g/mol. The standard InChI is InChI=1S/C16H13N3O2S/c1-11(21)13-3-2-4-14(5-13)15-10-22-16(18-15)8-19-7-12(9-20)6-17-19/h2-7,9-10H,8H2,1H3. The molecule has 2 aromatic heterocycles. The zero-order valence-corrected chi connectivity index (χ0v) is 12.7. The Labute approximate surface area is 131 Å². The van der Waals surface area contributed by atoms with Crippen LogP contribution < -0.4 is 0 Å². The number of thiazole rings is 1. The topological polar surface area (TPSA) is 64.8 Å². The first-order valence-corrected chi connectivity index (χ1v) is 7.57. The molecule has 5 nitrogen and oxygen atoms in total. The van der Waals surface area contributed by atoms with E-state index in [4.69, 9.17) is 0 Å². The molecule has 2 heterocycles. The van der Waals surface area contributed by atoms with E-state index in [0.29, 0.717) is 17.7 Å². The Kier molecular flexibility index (Phi) is 3.93. The van der Waals surface area contributed by atoms with Crippen LogP contribution in [0.25, 0.3) is 11.3 Å². The van der Waals surface area contributed by atoms with Gasteiger partial charge in [-0.15, -0.1) is 11.3 Å². The second-order valence-electron chi connectivity index (χ2n) is 4.85. The Bertz CT molecular complexity index is 835. The van der Waals surface area contributed by atoms with Gasteiger partial charge < -0.3 is 0 Å².